The van der Waals surface area contributed by atoms with E-state index in [2.05, 4.69) is 10.1 Å². The van der Waals surface area contributed by atoms with E-state index in [0.29, 0.717) is 28.7 Å². The largest absolute Gasteiger partial charge is 0.494 e. The molecule has 158 valence electrons. The second kappa shape index (κ2) is 7.96. The fraction of sp³-hybridized carbons (Fsp3) is 0.0400. The van der Waals surface area contributed by atoms with E-state index in [0.717, 1.165) is 34.1 Å². The normalized spacial score (nSPS) is 10.9. The highest BCUT2D eigenvalue weighted by atomic mass is 16.5. The molecule has 0 aliphatic heterocycles. The average Bonchev–Trinajstić information content (AvgIpc) is 3.42. The van der Waals surface area contributed by atoms with E-state index in [-0.39, 0.29) is 0 Å². The third-order valence-electron chi connectivity index (χ3n) is 5.24. The summed E-state index contributed by atoms with van der Waals surface area (Å²) in [6.07, 6.45) is 2.52. The van der Waals surface area contributed by atoms with Crippen molar-refractivity contribution in [3.05, 3.63) is 84.7 Å². The quantitative estimate of drug-likeness (QED) is 0.365. The van der Waals surface area contributed by atoms with Crippen LogP contribution in [0, 0.1) is 0 Å². The Balaban J connectivity index is 1.50. The lowest BCUT2D eigenvalue weighted by Crippen LogP contribution is -2.04. The number of aromatic nitrogens is 3. The van der Waals surface area contributed by atoms with Gasteiger partial charge in [0.1, 0.15) is 28.8 Å². The number of aromatic amines is 1. The summed E-state index contributed by atoms with van der Waals surface area (Å²) in [6, 6.07) is 22.7. The molecule has 5 aromatic rings. The first-order chi connectivity index (χ1) is 15.7. The molecular weight excluding hydrogens is 404 g/mol. The molecule has 0 amide bonds. The van der Waals surface area contributed by atoms with Gasteiger partial charge in [-0.2, -0.15) is 5.10 Å². The predicted molar refractivity (Wildman–Crippen MR) is 124 cm³/mol. The van der Waals surface area contributed by atoms with E-state index in [9.17, 15) is 4.79 Å². The first kappa shape index (κ1) is 19.4. The van der Waals surface area contributed by atoms with E-state index in [1.807, 2.05) is 60.7 Å². The molecule has 7 heteroatoms. The van der Waals surface area contributed by atoms with Gasteiger partial charge in [-0.05, 0) is 48.0 Å². The number of nitrogen functional groups attached to an aromatic ring is 1. The topological polar surface area (TPSA) is 95.2 Å². The maximum atomic E-state index is 11.0. The van der Waals surface area contributed by atoms with Crippen LogP contribution < -0.4 is 15.2 Å². The van der Waals surface area contributed by atoms with Crippen LogP contribution in [0.3, 0.4) is 0 Å². The average molecular weight is 424 g/mol. The van der Waals surface area contributed by atoms with Crippen LogP contribution in [-0.2, 0) is 0 Å². The van der Waals surface area contributed by atoms with Gasteiger partial charge in [0.05, 0.1) is 19.0 Å². The van der Waals surface area contributed by atoms with Crippen LogP contribution in [0.5, 0.6) is 17.2 Å². The van der Waals surface area contributed by atoms with Crippen LogP contribution in [0.2, 0.25) is 0 Å². The number of aldehydes is 1. The summed E-state index contributed by atoms with van der Waals surface area (Å²) in [4.78, 5) is 14.1. The second-order valence-corrected chi connectivity index (χ2v) is 7.25. The summed E-state index contributed by atoms with van der Waals surface area (Å²) >= 11 is 0. The lowest BCUT2D eigenvalue weighted by atomic mass is 10.1. The van der Waals surface area contributed by atoms with Crippen LogP contribution in [0.15, 0.2) is 79.0 Å². The number of H-pyrrole nitrogens is 1. The number of nitrogens with one attached hydrogen (secondary N) is 1. The van der Waals surface area contributed by atoms with Gasteiger partial charge in [-0.1, -0.05) is 24.3 Å². The van der Waals surface area contributed by atoms with Crippen molar-refractivity contribution >= 4 is 23.0 Å². The van der Waals surface area contributed by atoms with Crippen molar-refractivity contribution in [1.29, 1.82) is 0 Å². The summed E-state index contributed by atoms with van der Waals surface area (Å²) in [6.45, 7) is 0. The Bertz CT molecular complexity index is 1420. The van der Waals surface area contributed by atoms with Gasteiger partial charge >= 0.3 is 0 Å². The van der Waals surface area contributed by atoms with Crippen LogP contribution in [-0.4, -0.2) is 28.2 Å². The van der Waals surface area contributed by atoms with Gasteiger partial charge < -0.3 is 20.2 Å². The molecule has 0 bridgehead atoms. The molecule has 2 aromatic heterocycles. The lowest BCUT2D eigenvalue weighted by molar-refractivity contribution is 0.112. The second-order valence-electron chi connectivity index (χ2n) is 7.25. The Kier molecular flexibility index (Phi) is 4.84. The molecule has 0 radical (unpaired) electrons. The standard InChI is InChI=1S/C25H20N4O3/c1-31-24-13-20(32-19-5-3-2-4-6-19)8-10-23(24)29-25(26)21(14-27-29)16-7-9-22-17(11-16)12-18(15-30)28-22/h2-15,28H,26H2,1H3. The minimum atomic E-state index is 0.477. The van der Waals surface area contributed by atoms with E-state index >= 15 is 0 Å². The molecule has 7 nitrogen and oxygen atoms in total. The van der Waals surface area contributed by atoms with E-state index in [4.69, 9.17) is 15.2 Å². The maximum Gasteiger partial charge on any atom is 0.166 e. The Hall–Kier alpha value is -4.52. The number of benzene rings is 3. The van der Waals surface area contributed by atoms with Crippen molar-refractivity contribution in [1.82, 2.24) is 14.8 Å². The molecule has 3 aromatic carbocycles. The molecule has 32 heavy (non-hydrogen) atoms. The van der Waals surface area contributed by atoms with Crippen LogP contribution in [0.1, 0.15) is 10.5 Å². The van der Waals surface area contributed by atoms with Crippen molar-refractivity contribution < 1.29 is 14.3 Å². The van der Waals surface area contributed by atoms with E-state index in [1.165, 1.54) is 0 Å². The van der Waals surface area contributed by atoms with E-state index in [1.54, 1.807) is 30.1 Å². The van der Waals surface area contributed by atoms with Crippen molar-refractivity contribution in [2.24, 2.45) is 0 Å². The Morgan fingerprint density at radius 1 is 1.00 bits per heavy atom. The molecule has 0 saturated carbocycles. The summed E-state index contributed by atoms with van der Waals surface area (Å²) in [5, 5.41) is 5.42. The van der Waals surface area contributed by atoms with Gasteiger partial charge in [-0.25, -0.2) is 4.68 Å². The molecule has 3 N–H and O–H groups in total. The highest BCUT2D eigenvalue weighted by Gasteiger charge is 2.16. The minimum Gasteiger partial charge on any atom is -0.494 e. The number of methoxy groups -OCH3 is 1. The number of nitrogens with zero attached hydrogens (tertiary/aromatic N) is 2. The Morgan fingerprint density at radius 2 is 1.84 bits per heavy atom. The third-order valence-corrected chi connectivity index (χ3v) is 5.24. The molecule has 0 saturated heterocycles. The zero-order valence-corrected chi connectivity index (χ0v) is 17.3. The van der Waals surface area contributed by atoms with E-state index < -0.39 is 0 Å². The zero-order valence-electron chi connectivity index (χ0n) is 17.3. The van der Waals surface area contributed by atoms with Gasteiger partial charge in [0, 0.05) is 22.5 Å². The number of rotatable bonds is 6. The van der Waals surface area contributed by atoms with Gasteiger partial charge in [0.25, 0.3) is 0 Å². The monoisotopic (exact) mass is 424 g/mol. The Labute approximate surface area is 184 Å². The van der Waals surface area contributed by atoms with Crippen molar-refractivity contribution in [2.45, 2.75) is 0 Å². The molecule has 2 heterocycles. The Morgan fingerprint density at radius 3 is 2.62 bits per heavy atom. The number of ether oxygens (including phenoxy) is 2. The minimum absolute atomic E-state index is 0.477. The number of carbonyl (C=O) groups excluding carboxylic acids is 1. The number of carbonyl (C=O) groups is 1. The van der Waals surface area contributed by atoms with Crippen molar-refractivity contribution in [2.75, 3.05) is 12.8 Å². The van der Waals surface area contributed by atoms with Gasteiger partial charge in [-0.3, -0.25) is 4.79 Å². The smallest absolute Gasteiger partial charge is 0.166 e. The van der Waals surface area contributed by atoms with Crippen LogP contribution >= 0.6 is 0 Å². The summed E-state index contributed by atoms with van der Waals surface area (Å²) in [5.41, 5.74) is 10.3. The highest BCUT2D eigenvalue weighted by molar-refractivity contribution is 5.91. The molecule has 0 aliphatic rings. The summed E-state index contributed by atoms with van der Waals surface area (Å²) in [7, 11) is 1.59. The highest BCUT2D eigenvalue weighted by Crippen LogP contribution is 2.35. The molecule has 5 rings (SSSR count). The fourth-order valence-corrected chi connectivity index (χ4v) is 3.68. The van der Waals surface area contributed by atoms with Gasteiger partial charge in [0.2, 0.25) is 0 Å². The van der Waals surface area contributed by atoms with Gasteiger partial charge in [0.15, 0.2) is 6.29 Å². The third kappa shape index (κ3) is 3.45. The molecule has 0 unspecified atom stereocenters. The molecule has 0 atom stereocenters. The number of fused-ring (bicyclic) bond motifs is 1. The first-order valence-electron chi connectivity index (χ1n) is 9.99. The SMILES string of the molecule is COc1cc(Oc2ccccc2)ccc1-n1ncc(-c2ccc3[nH]c(C=O)cc3c2)c1N. The number of anilines is 1. The number of hydrogen-bond acceptors (Lipinski definition) is 5. The van der Waals surface area contributed by atoms with Gasteiger partial charge in [-0.15, -0.1) is 0 Å². The summed E-state index contributed by atoms with van der Waals surface area (Å²) < 4.78 is 13.1. The fourth-order valence-electron chi connectivity index (χ4n) is 3.68. The summed E-state index contributed by atoms with van der Waals surface area (Å²) in [5.74, 6) is 2.44. The number of nitrogens with two attached hydrogens (primary N) is 1. The predicted octanol–water partition coefficient (Wildman–Crippen LogP) is 5.22. The number of para-hydroxylation sites is 1. The first-order valence-corrected chi connectivity index (χ1v) is 9.99. The lowest BCUT2D eigenvalue weighted by Gasteiger charge is -2.13. The van der Waals surface area contributed by atoms with Crippen molar-refractivity contribution in [3.63, 3.8) is 0 Å². The van der Waals surface area contributed by atoms with Crippen LogP contribution in [0.4, 0.5) is 5.82 Å². The molecule has 0 aliphatic carbocycles. The maximum absolute atomic E-state index is 11.0. The molecular formula is C25H20N4O3. The molecule has 0 spiro atoms. The molecule has 0 fully saturated rings. The van der Waals surface area contributed by atoms with Crippen LogP contribution in [0.25, 0.3) is 27.7 Å². The van der Waals surface area contributed by atoms with Crippen molar-refractivity contribution in [3.8, 4) is 34.1 Å². The zero-order chi connectivity index (χ0) is 22.1. The number of hydrogen-bond donors (Lipinski definition) is 2.